The summed E-state index contributed by atoms with van der Waals surface area (Å²) >= 11 is 0. The summed E-state index contributed by atoms with van der Waals surface area (Å²) in [5, 5.41) is 13.7. The second kappa shape index (κ2) is 10.3. The van der Waals surface area contributed by atoms with Gasteiger partial charge in [0.25, 0.3) is 0 Å². The van der Waals surface area contributed by atoms with E-state index in [-0.39, 0.29) is 17.8 Å². The second-order valence-electron chi connectivity index (χ2n) is 9.09. The van der Waals surface area contributed by atoms with Crippen molar-refractivity contribution in [1.82, 2.24) is 20.6 Å². The molecular weight excluding hydrogens is 473 g/mol. The highest BCUT2D eigenvalue weighted by Gasteiger charge is 2.31. The van der Waals surface area contributed by atoms with E-state index in [0.717, 1.165) is 11.1 Å². The number of hydrogen-bond acceptors (Lipinski definition) is 6. The van der Waals surface area contributed by atoms with Gasteiger partial charge in [0.1, 0.15) is 12.4 Å². The zero-order chi connectivity index (χ0) is 25.8. The minimum Gasteiger partial charge on any atom is -0.485 e. The Morgan fingerprint density at radius 3 is 2.06 bits per heavy atom. The fourth-order valence-electron chi connectivity index (χ4n) is 3.42. The molecule has 0 aliphatic heterocycles. The summed E-state index contributed by atoms with van der Waals surface area (Å²) in [6, 6.07) is 19.1. The van der Waals surface area contributed by atoms with E-state index in [2.05, 4.69) is 58.3 Å². The predicted octanol–water partition coefficient (Wildman–Crippen LogP) is 6.22. The van der Waals surface area contributed by atoms with Gasteiger partial charge in [0.05, 0.1) is 0 Å². The summed E-state index contributed by atoms with van der Waals surface area (Å²) in [5.74, 6) is 0.994. The highest BCUT2D eigenvalue weighted by atomic mass is 19.4. The number of halogens is 3. The van der Waals surface area contributed by atoms with E-state index >= 15 is 0 Å². The lowest BCUT2D eigenvalue weighted by atomic mass is 9.87. The third kappa shape index (κ3) is 6.74. The smallest absolute Gasteiger partial charge is 0.485 e. The number of benzene rings is 3. The standard InChI is InChI=1S/C26H25F3N4O3/c1-25(2,3)20-9-4-17(5-10-20)15-34-22-13-8-19(14-23(22)35-16-24-30-32-33-31-24)18-6-11-21(12-7-18)36-26(27,28)29/h4-14H,15-16H2,1-3H3,(H,30,31,32,33). The lowest BCUT2D eigenvalue weighted by molar-refractivity contribution is -0.274. The van der Waals surface area contributed by atoms with Crippen LogP contribution >= 0.6 is 0 Å². The molecule has 7 nitrogen and oxygen atoms in total. The van der Waals surface area contributed by atoms with Crippen LogP contribution in [-0.2, 0) is 18.6 Å². The molecule has 0 saturated carbocycles. The molecule has 1 aromatic heterocycles. The summed E-state index contributed by atoms with van der Waals surface area (Å²) in [4.78, 5) is 0. The van der Waals surface area contributed by atoms with Gasteiger partial charge >= 0.3 is 6.36 Å². The van der Waals surface area contributed by atoms with Crippen molar-refractivity contribution in [2.45, 2.75) is 45.8 Å². The Bertz CT molecular complexity index is 1270. The molecule has 1 heterocycles. The van der Waals surface area contributed by atoms with Crippen LogP contribution in [0, 0.1) is 0 Å². The molecule has 0 spiro atoms. The fraction of sp³-hybridized carbons (Fsp3) is 0.269. The summed E-state index contributed by atoms with van der Waals surface area (Å²) in [6.07, 6.45) is -4.75. The van der Waals surface area contributed by atoms with Crippen LogP contribution in [0.1, 0.15) is 37.7 Å². The van der Waals surface area contributed by atoms with E-state index in [0.29, 0.717) is 29.5 Å². The van der Waals surface area contributed by atoms with Crippen LogP contribution < -0.4 is 14.2 Å². The van der Waals surface area contributed by atoms with Crippen molar-refractivity contribution in [3.05, 3.63) is 83.7 Å². The predicted molar refractivity (Wildman–Crippen MR) is 127 cm³/mol. The second-order valence-corrected chi connectivity index (χ2v) is 9.09. The molecule has 0 atom stereocenters. The van der Waals surface area contributed by atoms with Crippen LogP contribution in [0.15, 0.2) is 66.7 Å². The molecule has 0 aliphatic carbocycles. The highest BCUT2D eigenvalue weighted by molar-refractivity contribution is 5.67. The molecule has 4 rings (SSSR count). The van der Waals surface area contributed by atoms with E-state index in [1.165, 1.54) is 29.8 Å². The molecule has 3 aromatic carbocycles. The maximum Gasteiger partial charge on any atom is 0.573 e. The van der Waals surface area contributed by atoms with Gasteiger partial charge in [-0.25, -0.2) is 0 Å². The van der Waals surface area contributed by atoms with Gasteiger partial charge in [-0.2, -0.15) is 5.21 Å². The first-order chi connectivity index (χ1) is 17.1. The molecule has 1 N–H and O–H groups in total. The van der Waals surface area contributed by atoms with Gasteiger partial charge in [-0.15, -0.1) is 23.4 Å². The molecule has 4 aromatic rings. The van der Waals surface area contributed by atoms with Crippen molar-refractivity contribution in [3.63, 3.8) is 0 Å². The summed E-state index contributed by atoms with van der Waals surface area (Å²) < 4.78 is 53.3. The lowest BCUT2D eigenvalue weighted by Crippen LogP contribution is -2.16. The number of rotatable bonds is 8. The van der Waals surface area contributed by atoms with E-state index in [1.807, 2.05) is 12.1 Å². The number of nitrogens with zero attached hydrogens (tertiary/aromatic N) is 3. The SMILES string of the molecule is CC(C)(C)c1ccc(COc2ccc(-c3ccc(OC(F)(F)F)cc3)cc2OCc2nn[nH]n2)cc1. The number of nitrogens with one attached hydrogen (secondary N) is 1. The topological polar surface area (TPSA) is 82.1 Å². The average molecular weight is 499 g/mol. The number of ether oxygens (including phenoxy) is 3. The molecule has 0 bridgehead atoms. The molecule has 36 heavy (non-hydrogen) atoms. The molecule has 0 amide bonds. The van der Waals surface area contributed by atoms with Gasteiger partial charge < -0.3 is 14.2 Å². The number of hydrogen-bond donors (Lipinski definition) is 1. The van der Waals surface area contributed by atoms with Crippen LogP contribution in [0.4, 0.5) is 13.2 Å². The van der Waals surface area contributed by atoms with Crippen molar-refractivity contribution in [1.29, 1.82) is 0 Å². The Kier molecular flexibility index (Phi) is 7.14. The van der Waals surface area contributed by atoms with Crippen molar-refractivity contribution in [2.24, 2.45) is 0 Å². The Morgan fingerprint density at radius 1 is 0.778 bits per heavy atom. The van der Waals surface area contributed by atoms with Crippen molar-refractivity contribution in [2.75, 3.05) is 0 Å². The first-order valence-electron chi connectivity index (χ1n) is 11.1. The number of H-pyrrole nitrogens is 1. The Balaban J connectivity index is 1.53. The van der Waals surface area contributed by atoms with E-state index in [4.69, 9.17) is 9.47 Å². The molecule has 0 unspecified atom stereocenters. The highest BCUT2D eigenvalue weighted by Crippen LogP contribution is 2.35. The van der Waals surface area contributed by atoms with Gasteiger partial charge in [-0.3, -0.25) is 0 Å². The minimum absolute atomic E-state index is 0.0505. The summed E-state index contributed by atoms with van der Waals surface area (Å²) in [7, 11) is 0. The van der Waals surface area contributed by atoms with E-state index in [1.54, 1.807) is 18.2 Å². The Labute approximate surface area is 206 Å². The number of aromatic amines is 1. The van der Waals surface area contributed by atoms with Crippen LogP contribution in [-0.4, -0.2) is 27.0 Å². The first kappa shape index (κ1) is 25.0. The van der Waals surface area contributed by atoms with E-state index < -0.39 is 6.36 Å². The molecule has 0 radical (unpaired) electrons. The number of aromatic nitrogens is 4. The van der Waals surface area contributed by atoms with Crippen molar-refractivity contribution in [3.8, 4) is 28.4 Å². The zero-order valence-corrected chi connectivity index (χ0v) is 20.0. The van der Waals surface area contributed by atoms with Crippen molar-refractivity contribution < 1.29 is 27.4 Å². The van der Waals surface area contributed by atoms with E-state index in [9.17, 15) is 13.2 Å². The monoisotopic (exact) mass is 498 g/mol. The largest absolute Gasteiger partial charge is 0.573 e. The van der Waals surface area contributed by atoms with Crippen LogP contribution in [0.3, 0.4) is 0 Å². The molecular formula is C26H25F3N4O3. The Hall–Kier alpha value is -4.08. The molecule has 10 heteroatoms. The maximum absolute atomic E-state index is 12.5. The number of tetrazole rings is 1. The summed E-state index contributed by atoms with van der Waals surface area (Å²) in [5.41, 5.74) is 3.68. The molecule has 0 aliphatic rings. The van der Waals surface area contributed by atoms with Gasteiger partial charge in [0, 0.05) is 0 Å². The molecule has 188 valence electrons. The maximum atomic E-state index is 12.5. The Morgan fingerprint density at radius 2 is 1.44 bits per heavy atom. The molecule has 0 fully saturated rings. The van der Waals surface area contributed by atoms with Gasteiger partial charge in [0.2, 0.25) is 5.82 Å². The van der Waals surface area contributed by atoms with Gasteiger partial charge in [-0.05, 0) is 51.9 Å². The van der Waals surface area contributed by atoms with Gasteiger partial charge in [-0.1, -0.05) is 68.4 Å². The quantitative estimate of drug-likeness (QED) is 0.311. The first-order valence-corrected chi connectivity index (χ1v) is 11.1. The van der Waals surface area contributed by atoms with Crippen LogP contribution in [0.2, 0.25) is 0 Å². The third-order valence-corrected chi connectivity index (χ3v) is 5.33. The lowest BCUT2D eigenvalue weighted by Gasteiger charge is -2.19. The van der Waals surface area contributed by atoms with Crippen LogP contribution in [0.5, 0.6) is 17.2 Å². The number of alkyl halides is 3. The zero-order valence-electron chi connectivity index (χ0n) is 20.0. The van der Waals surface area contributed by atoms with Crippen molar-refractivity contribution >= 4 is 0 Å². The van der Waals surface area contributed by atoms with Crippen LogP contribution in [0.25, 0.3) is 11.1 Å². The average Bonchev–Trinajstić information content (AvgIpc) is 3.35. The summed E-state index contributed by atoms with van der Waals surface area (Å²) in [6.45, 7) is 6.85. The minimum atomic E-state index is -4.75. The third-order valence-electron chi connectivity index (χ3n) is 5.33. The fourth-order valence-corrected chi connectivity index (χ4v) is 3.42. The normalized spacial score (nSPS) is 11.8. The molecule has 0 saturated heterocycles. The van der Waals surface area contributed by atoms with Gasteiger partial charge in [0.15, 0.2) is 18.1 Å².